The number of nitrogens with zero attached hydrogens (tertiary/aromatic N) is 3. The summed E-state index contributed by atoms with van der Waals surface area (Å²) in [5.74, 6) is 0.401. The SMILES string of the molecule is C/C(=C\C(Cl)=C1\C(=O)NC2(CNCCNC2)N1C=O)Nc1cc(N)ncn1. The van der Waals surface area contributed by atoms with Crippen LogP contribution in [-0.2, 0) is 9.59 Å². The minimum Gasteiger partial charge on any atom is -0.384 e. The average Bonchev–Trinajstić information content (AvgIpc) is 2.73. The Morgan fingerprint density at radius 1 is 1.37 bits per heavy atom. The Balaban J connectivity index is 1.88. The molecule has 2 aliphatic rings. The van der Waals surface area contributed by atoms with Gasteiger partial charge in [0.2, 0.25) is 6.41 Å². The maximum atomic E-state index is 12.6. The molecule has 0 aliphatic carbocycles. The fourth-order valence-electron chi connectivity index (χ4n) is 3.06. The summed E-state index contributed by atoms with van der Waals surface area (Å²) in [5.41, 5.74) is 5.45. The zero-order chi connectivity index (χ0) is 19.4. The van der Waals surface area contributed by atoms with E-state index in [-0.39, 0.29) is 10.7 Å². The quantitative estimate of drug-likeness (QED) is 0.335. The second kappa shape index (κ2) is 7.91. The third-order valence-electron chi connectivity index (χ3n) is 4.27. The van der Waals surface area contributed by atoms with Gasteiger partial charge in [-0.3, -0.25) is 14.5 Å². The molecule has 0 unspecified atom stereocenters. The number of nitrogen functional groups attached to an aromatic ring is 1. The van der Waals surface area contributed by atoms with Crippen molar-refractivity contribution >= 4 is 35.6 Å². The van der Waals surface area contributed by atoms with E-state index in [0.29, 0.717) is 36.8 Å². The Kier molecular flexibility index (Phi) is 5.59. The lowest BCUT2D eigenvalue weighted by Gasteiger charge is -2.34. The lowest BCUT2D eigenvalue weighted by molar-refractivity contribution is -0.120. The largest absolute Gasteiger partial charge is 0.384 e. The molecule has 1 spiro atoms. The average molecular weight is 393 g/mol. The molecule has 144 valence electrons. The lowest BCUT2D eigenvalue weighted by Crippen LogP contribution is -2.61. The number of nitrogens with two attached hydrogens (primary N) is 1. The smallest absolute Gasteiger partial charge is 0.271 e. The highest BCUT2D eigenvalue weighted by Gasteiger charge is 2.48. The number of hydrogen-bond donors (Lipinski definition) is 5. The monoisotopic (exact) mass is 392 g/mol. The molecule has 2 saturated heterocycles. The molecule has 1 aromatic rings. The first-order valence-corrected chi connectivity index (χ1v) is 8.74. The molecule has 1 aromatic heterocycles. The Bertz CT molecular complexity index is 801. The van der Waals surface area contributed by atoms with E-state index in [2.05, 4.69) is 31.2 Å². The molecular weight excluding hydrogens is 372 g/mol. The first-order valence-electron chi connectivity index (χ1n) is 8.36. The van der Waals surface area contributed by atoms with E-state index in [0.717, 1.165) is 13.1 Å². The van der Waals surface area contributed by atoms with Crippen molar-refractivity contribution in [3.63, 3.8) is 0 Å². The molecule has 2 aliphatic heterocycles. The van der Waals surface area contributed by atoms with Gasteiger partial charge in [0.15, 0.2) is 0 Å². The van der Waals surface area contributed by atoms with Gasteiger partial charge in [-0.15, -0.1) is 0 Å². The fraction of sp³-hybridized carbons (Fsp3) is 0.375. The molecule has 0 atom stereocenters. The molecule has 0 aromatic carbocycles. The zero-order valence-corrected chi connectivity index (χ0v) is 15.5. The normalized spacial score (nSPS) is 21.6. The lowest BCUT2D eigenvalue weighted by atomic mass is 10.1. The molecule has 27 heavy (non-hydrogen) atoms. The molecule has 11 heteroatoms. The third kappa shape index (κ3) is 4.02. The van der Waals surface area contributed by atoms with Crippen molar-refractivity contribution in [2.75, 3.05) is 37.2 Å². The molecule has 6 N–H and O–H groups in total. The predicted octanol–water partition coefficient (Wildman–Crippen LogP) is -0.698. The number of rotatable bonds is 4. The van der Waals surface area contributed by atoms with E-state index in [1.165, 1.54) is 11.2 Å². The summed E-state index contributed by atoms with van der Waals surface area (Å²) in [6, 6.07) is 1.57. The van der Waals surface area contributed by atoms with Crippen molar-refractivity contribution in [3.8, 4) is 0 Å². The molecule has 3 rings (SSSR count). The number of hydrogen-bond acceptors (Lipinski definition) is 8. The van der Waals surface area contributed by atoms with Crippen LogP contribution in [0.4, 0.5) is 11.6 Å². The Morgan fingerprint density at radius 3 is 2.70 bits per heavy atom. The maximum Gasteiger partial charge on any atom is 0.271 e. The van der Waals surface area contributed by atoms with Gasteiger partial charge in [-0.25, -0.2) is 9.97 Å². The molecule has 0 bridgehead atoms. The highest BCUT2D eigenvalue weighted by atomic mass is 35.5. The molecule has 2 amide bonds. The van der Waals surface area contributed by atoms with Crippen LogP contribution in [0.3, 0.4) is 0 Å². The van der Waals surface area contributed by atoms with E-state index in [4.69, 9.17) is 17.3 Å². The van der Waals surface area contributed by atoms with E-state index >= 15 is 0 Å². The highest BCUT2D eigenvalue weighted by Crippen LogP contribution is 2.29. The number of halogens is 1. The predicted molar refractivity (Wildman–Crippen MR) is 101 cm³/mol. The number of carbonyl (C=O) groups is 2. The van der Waals surface area contributed by atoms with Crippen molar-refractivity contribution in [2.45, 2.75) is 12.6 Å². The number of anilines is 2. The van der Waals surface area contributed by atoms with E-state index in [9.17, 15) is 9.59 Å². The van der Waals surface area contributed by atoms with Crippen LogP contribution in [0.15, 0.2) is 34.9 Å². The second-order valence-corrected chi connectivity index (χ2v) is 6.70. The zero-order valence-electron chi connectivity index (χ0n) is 14.8. The van der Waals surface area contributed by atoms with Crippen molar-refractivity contribution in [1.29, 1.82) is 0 Å². The molecule has 10 nitrogen and oxygen atoms in total. The van der Waals surface area contributed by atoms with E-state index < -0.39 is 11.6 Å². The summed E-state index contributed by atoms with van der Waals surface area (Å²) in [6.07, 6.45) is 3.51. The maximum absolute atomic E-state index is 12.6. The van der Waals surface area contributed by atoms with E-state index in [1.54, 1.807) is 19.1 Å². The summed E-state index contributed by atoms with van der Waals surface area (Å²) in [7, 11) is 0. The van der Waals surface area contributed by atoms with Gasteiger partial charge < -0.3 is 27.0 Å². The summed E-state index contributed by atoms with van der Waals surface area (Å²) in [6.45, 7) is 4.06. The van der Waals surface area contributed by atoms with Crippen LogP contribution >= 0.6 is 11.6 Å². The minimum absolute atomic E-state index is 0.0977. The molecular formula is C16H21ClN8O2. The summed E-state index contributed by atoms with van der Waals surface area (Å²) in [5, 5.41) is 12.4. The number of carbonyl (C=O) groups excluding carboxylic acids is 2. The third-order valence-corrected chi connectivity index (χ3v) is 4.55. The van der Waals surface area contributed by atoms with Crippen LogP contribution in [0.25, 0.3) is 0 Å². The molecule has 0 saturated carbocycles. The van der Waals surface area contributed by atoms with E-state index in [1.807, 2.05) is 0 Å². The molecule has 3 heterocycles. The van der Waals surface area contributed by atoms with Crippen molar-refractivity contribution in [3.05, 3.63) is 34.9 Å². The fourth-order valence-corrected chi connectivity index (χ4v) is 3.40. The topological polar surface area (TPSA) is 137 Å². The summed E-state index contributed by atoms with van der Waals surface area (Å²) < 4.78 is 0. The van der Waals surface area contributed by atoms with Gasteiger partial charge in [0.25, 0.3) is 5.91 Å². The van der Waals surface area contributed by atoms with Crippen LogP contribution < -0.4 is 27.0 Å². The van der Waals surface area contributed by atoms with Gasteiger partial charge in [-0.1, -0.05) is 11.6 Å². The van der Waals surface area contributed by atoms with Crippen LogP contribution in [0, 0.1) is 0 Å². The van der Waals surface area contributed by atoms with Gasteiger partial charge in [0.05, 0.1) is 5.03 Å². The van der Waals surface area contributed by atoms with Crippen LogP contribution in [0.2, 0.25) is 0 Å². The molecule has 2 fully saturated rings. The van der Waals surface area contributed by atoms with Gasteiger partial charge >= 0.3 is 0 Å². The van der Waals surface area contributed by atoms with Crippen molar-refractivity contribution in [1.82, 2.24) is 30.8 Å². The van der Waals surface area contributed by atoms with Crippen LogP contribution in [0.1, 0.15) is 6.92 Å². The van der Waals surface area contributed by atoms with Crippen LogP contribution in [0.5, 0.6) is 0 Å². The number of aromatic nitrogens is 2. The van der Waals surface area contributed by atoms with Gasteiger partial charge in [0, 0.05) is 37.9 Å². The Morgan fingerprint density at radius 2 is 2.07 bits per heavy atom. The number of allylic oxidation sites excluding steroid dienone is 3. The number of amides is 2. The minimum atomic E-state index is -0.888. The van der Waals surface area contributed by atoms with Gasteiger partial charge in [0.1, 0.15) is 29.3 Å². The summed E-state index contributed by atoms with van der Waals surface area (Å²) >= 11 is 6.39. The Hall–Kier alpha value is -2.69. The van der Waals surface area contributed by atoms with Gasteiger partial charge in [-0.05, 0) is 13.0 Å². The first kappa shape index (κ1) is 19.1. The van der Waals surface area contributed by atoms with Crippen LogP contribution in [-0.4, -0.2) is 59.0 Å². The van der Waals surface area contributed by atoms with Gasteiger partial charge in [-0.2, -0.15) is 0 Å². The second-order valence-electron chi connectivity index (χ2n) is 6.29. The first-order chi connectivity index (χ1) is 12.9. The number of nitrogens with one attached hydrogen (secondary N) is 4. The van der Waals surface area contributed by atoms with Crippen molar-refractivity contribution in [2.24, 2.45) is 0 Å². The summed E-state index contributed by atoms with van der Waals surface area (Å²) in [4.78, 5) is 33.6. The highest BCUT2D eigenvalue weighted by molar-refractivity contribution is 6.33. The Labute approximate surface area is 161 Å². The molecule has 0 radical (unpaired) electrons. The standard InChI is InChI=1S/C16H21ClN8O2/c1-10(23-13-5-12(18)21-8-22-13)4-11(17)14-15(27)24-16(25(14)9-26)6-19-2-3-20-7-16/h4-5,8-9,19-20H,2-3,6-7H2,1H3,(H,24,27)(H3,18,21,22,23)/b10-4+,14-11+. The van der Waals surface area contributed by atoms with Crippen molar-refractivity contribution < 1.29 is 9.59 Å².